The van der Waals surface area contributed by atoms with Gasteiger partial charge < -0.3 is 30.1 Å². The molecule has 0 unspecified atom stereocenters. The van der Waals surface area contributed by atoms with E-state index in [-0.39, 0.29) is 29.7 Å². The Morgan fingerprint density at radius 2 is 1.51 bits per heavy atom. The van der Waals surface area contributed by atoms with Crippen molar-refractivity contribution in [1.29, 1.82) is 0 Å². The second-order valence-electron chi connectivity index (χ2n) is 19.0. The number of aromatic nitrogens is 1. The minimum atomic E-state index is -1.05. The molecular weight excluding hydrogens is 890 g/mol. The van der Waals surface area contributed by atoms with Crippen molar-refractivity contribution in [2.24, 2.45) is 0 Å². The summed E-state index contributed by atoms with van der Waals surface area (Å²) in [5.41, 5.74) is 11.6. The molecule has 5 aliphatic rings. The van der Waals surface area contributed by atoms with E-state index in [0.29, 0.717) is 64.6 Å². The predicted octanol–water partition coefficient (Wildman–Crippen LogP) is 7.30. The molecule has 0 fully saturated rings. The zero-order valence-corrected chi connectivity index (χ0v) is 39.8. The second kappa shape index (κ2) is 18.2. The molecule has 0 spiro atoms. The first-order valence-corrected chi connectivity index (χ1v) is 24.8. The van der Waals surface area contributed by atoms with E-state index >= 15 is 0 Å². The fourth-order valence-corrected chi connectivity index (χ4v) is 11.8. The largest absolute Gasteiger partial charge is 0.497 e. The van der Waals surface area contributed by atoms with E-state index in [4.69, 9.17) is 21.1 Å². The molecule has 1 aromatic heterocycles. The van der Waals surface area contributed by atoms with E-state index in [1.54, 1.807) is 60.2 Å². The average molecular weight is 946 g/mol. The zero-order valence-electron chi connectivity index (χ0n) is 39.1. The van der Waals surface area contributed by atoms with Gasteiger partial charge in [0.05, 0.1) is 30.2 Å². The van der Waals surface area contributed by atoms with Gasteiger partial charge in [0.1, 0.15) is 30.3 Å². The predicted molar refractivity (Wildman–Crippen MR) is 266 cm³/mol. The van der Waals surface area contributed by atoms with Crippen LogP contribution in [0.4, 0.5) is 5.69 Å². The number of amides is 2. The number of rotatable bonds is 12. The molecule has 12 nitrogen and oxygen atoms in total. The van der Waals surface area contributed by atoms with Crippen LogP contribution in [0.3, 0.4) is 0 Å². The monoisotopic (exact) mass is 944 g/mol. The van der Waals surface area contributed by atoms with Crippen LogP contribution < -0.4 is 40.2 Å². The van der Waals surface area contributed by atoms with Crippen molar-refractivity contribution >= 4 is 57.5 Å². The molecule has 0 aliphatic carbocycles. The average Bonchev–Trinajstić information content (AvgIpc) is 3.63. The first-order chi connectivity index (χ1) is 33.6. The maximum atomic E-state index is 14.0. The minimum absolute atomic E-state index is 0.0619. The highest BCUT2D eigenvalue weighted by Crippen LogP contribution is 2.49. The number of carboxylic acid groups (broad SMARTS) is 1. The lowest BCUT2D eigenvalue weighted by Crippen LogP contribution is -2.45. The van der Waals surface area contributed by atoms with Gasteiger partial charge in [-0.15, -0.1) is 0 Å². The van der Waals surface area contributed by atoms with Gasteiger partial charge in [0.25, 0.3) is 11.8 Å². The molecule has 69 heavy (non-hydrogen) atoms. The third kappa shape index (κ3) is 7.92. The van der Waals surface area contributed by atoms with Crippen LogP contribution in [0.2, 0.25) is 5.02 Å². The molecule has 5 aromatic carbocycles. The maximum Gasteiger partial charge on any atom is 0.336 e. The molecule has 0 saturated heterocycles. The van der Waals surface area contributed by atoms with Gasteiger partial charge in [0.15, 0.2) is 0 Å². The van der Waals surface area contributed by atoms with Gasteiger partial charge in [-0.1, -0.05) is 11.6 Å². The number of aromatic carboxylic acids is 1. The topological polar surface area (TPSA) is 142 Å². The van der Waals surface area contributed by atoms with Crippen molar-refractivity contribution < 1.29 is 33.8 Å². The van der Waals surface area contributed by atoms with E-state index in [1.165, 1.54) is 33.3 Å². The molecule has 6 heterocycles. The molecule has 0 saturated carbocycles. The molecule has 0 bridgehead atoms. The van der Waals surface area contributed by atoms with Crippen LogP contribution in [0.1, 0.15) is 114 Å². The molecule has 2 amide bonds. The Morgan fingerprint density at radius 3 is 2.29 bits per heavy atom. The number of methoxy groups -OCH3 is 1. The number of carboxylic acids is 1. The van der Waals surface area contributed by atoms with Crippen LogP contribution in [-0.2, 0) is 36.9 Å². The molecule has 3 N–H and O–H groups in total. The first-order valence-electron chi connectivity index (χ1n) is 24.4. The van der Waals surface area contributed by atoms with Gasteiger partial charge in [0, 0.05) is 99.4 Å². The Balaban J connectivity index is 0.832. The Morgan fingerprint density at radius 1 is 0.783 bits per heavy atom. The molecule has 13 heteroatoms. The van der Waals surface area contributed by atoms with Crippen molar-refractivity contribution in [1.82, 2.24) is 19.8 Å². The third-order valence-electron chi connectivity index (χ3n) is 14.9. The van der Waals surface area contributed by atoms with Crippen molar-refractivity contribution in [3.05, 3.63) is 150 Å². The minimum Gasteiger partial charge on any atom is -0.497 e. The summed E-state index contributed by atoms with van der Waals surface area (Å²) in [6.07, 6.45) is 9.13. The number of hydrogen-bond acceptors (Lipinski definition) is 7. The number of hydrogen-bond donors (Lipinski definition) is 3. The molecule has 11 rings (SSSR count). The second-order valence-corrected chi connectivity index (χ2v) is 19.4. The zero-order chi connectivity index (χ0) is 47.5. The number of unbranched alkanes of at least 4 members (excludes halogenated alkanes) is 1. The van der Waals surface area contributed by atoms with Crippen LogP contribution in [0.15, 0.2) is 72.8 Å². The van der Waals surface area contributed by atoms with Crippen molar-refractivity contribution in [2.75, 3.05) is 51.3 Å². The summed E-state index contributed by atoms with van der Waals surface area (Å²) in [7, 11) is 1.58. The van der Waals surface area contributed by atoms with Crippen molar-refractivity contribution in [2.45, 2.75) is 77.6 Å². The maximum absolute atomic E-state index is 14.0. The Hall–Kier alpha value is -6.92. The number of nitrogens with zero attached hydrogens (tertiary/aromatic N) is 3. The van der Waals surface area contributed by atoms with Crippen LogP contribution >= 0.6 is 11.6 Å². The van der Waals surface area contributed by atoms with E-state index < -0.39 is 5.97 Å². The van der Waals surface area contributed by atoms with Crippen LogP contribution in [-0.4, -0.2) is 79.7 Å². The number of halogens is 1. The number of anilines is 1. The lowest BCUT2D eigenvalue weighted by Gasteiger charge is -2.39. The standard InChI is InChI=1S/C56H54ClN5O7/c1-32-42(43-30-38(68-2)18-20-47(43)62(32)55(65)33-13-16-37(57)17-14-33)31-48(63)58-21-3-4-22-59-54(64)36-15-19-39(56(66)67)44(29-36)49-45-27-34-9-5-23-60-25-7-11-40(50(34)60)52(45)69-53-41-12-8-26-61-24-6-10-35(51(41)61)28-46(49)53/h13-20,27-30H,3-12,21-26,31H2,1-2H3,(H2-,58,59,63,64,66,67)/p+1. The van der Waals surface area contributed by atoms with Gasteiger partial charge in [-0.3, -0.25) is 19.0 Å². The highest BCUT2D eigenvalue weighted by atomic mass is 35.5. The summed E-state index contributed by atoms with van der Waals surface area (Å²) in [5.74, 6) is 0.517. The summed E-state index contributed by atoms with van der Waals surface area (Å²) in [4.78, 5) is 56.9. The smallest absolute Gasteiger partial charge is 0.336 e. The van der Waals surface area contributed by atoms with Gasteiger partial charge in [-0.2, -0.15) is 0 Å². The molecule has 0 radical (unpaired) electrons. The molecular formula is C56H55ClN5O7+. The van der Waals surface area contributed by atoms with Crippen LogP contribution in [0.25, 0.3) is 16.5 Å². The summed E-state index contributed by atoms with van der Waals surface area (Å²) < 4.78 is 16.8. The Labute approximate surface area is 405 Å². The van der Waals surface area contributed by atoms with Gasteiger partial charge in [-0.05, 0) is 148 Å². The van der Waals surface area contributed by atoms with E-state index in [1.807, 2.05) is 19.1 Å². The lowest BCUT2D eigenvalue weighted by molar-refractivity contribution is -0.120. The van der Waals surface area contributed by atoms with Gasteiger partial charge in [0.2, 0.25) is 11.3 Å². The summed E-state index contributed by atoms with van der Waals surface area (Å²) in [5, 5.41) is 20.4. The quantitative estimate of drug-likeness (QED) is 0.0857. The summed E-state index contributed by atoms with van der Waals surface area (Å²) in [6.45, 7) is 6.68. The van der Waals surface area contributed by atoms with Gasteiger partial charge in [-0.25, -0.2) is 9.37 Å². The molecule has 5 aliphatic heterocycles. The Bertz CT molecular complexity index is 3290. The van der Waals surface area contributed by atoms with Crippen molar-refractivity contribution in [3.63, 3.8) is 0 Å². The number of benzene rings is 5. The van der Waals surface area contributed by atoms with Crippen LogP contribution in [0.5, 0.6) is 17.2 Å². The first kappa shape index (κ1) is 44.6. The molecule has 0 atom stereocenters. The third-order valence-corrected chi connectivity index (χ3v) is 15.1. The fraction of sp³-hybridized carbons (Fsp3) is 0.339. The summed E-state index contributed by atoms with van der Waals surface area (Å²) >= 11 is 6.10. The molecule has 352 valence electrons. The summed E-state index contributed by atoms with van der Waals surface area (Å²) in [6, 6.07) is 21.6. The van der Waals surface area contributed by atoms with E-state index in [9.17, 15) is 24.3 Å². The van der Waals surface area contributed by atoms with Crippen molar-refractivity contribution in [3.8, 4) is 17.2 Å². The normalized spacial score (nSPS) is 15.4. The van der Waals surface area contributed by atoms with E-state index in [2.05, 4.69) is 32.2 Å². The number of carbonyl (C=O) groups is 4. The SMILES string of the molecule is COc1ccc2c(c1)c(CC(=O)NCCCCNC(=O)c1ccc(C(=O)O)c(C3=c4cc5c6c(c4Oc4c3cc3c7c4CCCN7CCC3)CCC[N+]=6CCC5)c1)c(C)n2C(=O)c1ccc(Cl)cc1. The number of carbonyl (C=O) groups excluding carboxylic acids is 3. The lowest BCUT2D eigenvalue weighted by atomic mass is 9.81. The van der Waals surface area contributed by atoms with Crippen LogP contribution in [0, 0.1) is 6.92 Å². The highest BCUT2D eigenvalue weighted by molar-refractivity contribution is 6.30. The fourth-order valence-electron chi connectivity index (χ4n) is 11.7. The number of aryl methyl sites for hydroxylation is 2. The van der Waals surface area contributed by atoms with E-state index in [0.717, 1.165) is 116 Å². The molecule has 6 aromatic rings. The number of fused-ring (bicyclic) bond motifs is 5. The Kier molecular flexibility index (Phi) is 11.8. The number of nitrogens with one attached hydrogen (secondary N) is 2. The highest BCUT2D eigenvalue weighted by Gasteiger charge is 2.37. The number of ether oxygens (including phenoxy) is 2. The van der Waals surface area contributed by atoms with Gasteiger partial charge >= 0.3 is 5.97 Å².